The molecule has 0 amide bonds. The number of carboxylic acid groups (broad SMARTS) is 2. The van der Waals surface area contributed by atoms with Gasteiger partial charge in [-0.1, -0.05) is 13.8 Å². The van der Waals surface area contributed by atoms with E-state index in [1.807, 2.05) is 0 Å². The summed E-state index contributed by atoms with van der Waals surface area (Å²) in [6.45, 7) is 3.54. The molecular formula is C12H20O6. The molecule has 0 heterocycles. The van der Waals surface area contributed by atoms with Crippen LogP contribution in [0, 0.1) is 11.8 Å². The van der Waals surface area contributed by atoms with Crippen LogP contribution in [0.3, 0.4) is 0 Å². The topological polar surface area (TPSA) is 93.1 Å². The van der Waals surface area contributed by atoms with Gasteiger partial charge in [0.15, 0.2) is 0 Å². The summed E-state index contributed by atoms with van der Waals surface area (Å²) in [7, 11) is 2.88. The highest BCUT2D eigenvalue weighted by Gasteiger charge is 2.28. The summed E-state index contributed by atoms with van der Waals surface area (Å²) in [5, 5.41) is 18.4. The van der Waals surface area contributed by atoms with Crippen LogP contribution in [-0.2, 0) is 19.1 Å². The molecule has 0 aliphatic heterocycles. The van der Waals surface area contributed by atoms with Gasteiger partial charge in [0.25, 0.3) is 0 Å². The monoisotopic (exact) mass is 260 g/mol. The number of rotatable bonds is 8. The highest BCUT2D eigenvalue weighted by Crippen LogP contribution is 2.23. The van der Waals surface area contributed by atoms with Crippen molar-refractivity contribution in [3.05, 3.63) is 11.1 Å². The molecule has 0 radical (unpaired) electrons. The van der Waals surface area contributed by atoms with Gasteiger partial charge >= 0.3 is 11.9 Å². The largest absolute Gasteiger partial charge is 0.478 e. The Labute approximate surface area is 106 Å². The minimum atomic E-state index is -1.24. The number of carboxylic acids is 2. The lowest BCUT2D eigenvalue weighted by Gasteiger charge is -2.19. The number of ether oxygens (including phenoxy) is 2. The van der Waals surface area contributed by atoms with Crippen molar-refractivity contribution in [3.8, 4) is 0 Å². The van der Waals surface area contributed by atoms with Crippen molar-refractivity contribution in [2.45, 2.75) is 13.8 Å². The summed E-state index contributed by atoms with van der Waals surface area (Å²) < 4.78 is 9.77. The molecule has 0 spiro atoms. The van der Waals surface area contributed by atoms with E-state index < -0.39 is 23.8 Å². The van der Waals surface area contributed by atoms with Gasteiger partial charge in [-0.05, 0) is 0 Å². The van der Waals surface area contributed by atoms with E-state index in [1.54, 1.807) is 13.8 Å². The SMILES string of the molecule is COCC(C)C(C(=O)O)=C(C(=O)O)C(C)COC. The molecule has 0 saturated carbocycles. The van der Waals surface area contributed by atoms with Gasteiger partial charge in [-0.25, -0.2) is 9.59 Å². The second-order valence-electron chi connectivity index (χ2n) is 4.15. The molecule has 6 heteroatoms. The van der Waals surface area contributed by atoms with E-state index in [0.29, 0.717) is 0 Å². The first-order chi connectivity index (χ1) is 8.36. The molecule has 0 aliphatic rings. The van der Waals surface area contributed by atoms with E-state index >= 15 is 0 Å². The molecule has 6 nitrogen and oxygen atoms in total. The fraction of sp³-hybridized carbons (Fsp3) is 0.667. The smallest absolute Gasteiger partial charge is 0.332 e. The fourth-order valence-electron chi connectivity index (χ4n) is 1.85. The third-order valence-corrected chi connectivity index (χ3v) is 2.57. The summed E-state index contributed by atoms with van der Waals surface area (Å²) in [5.41, 5.74) is -0.261. The second kappa shape index (κ2) is 7.84. The highest BCUT2D eigenvalue weighted by atomic mass is 16.5. The third-order valence-electron chi connectivity index (χ3n) is 2.57. The van der Waals surface area contributed by atoms with Crippen LogP contribution in [0.5, 0.6) is 0 Å². The average Bonchev–Trinajstić information content (AvgIpc) is 2.24. The van der Waals surface area contributed by atoms with Crippen molar-refractivity contribution in [2.75, 3.05) is 27.4 Å². The van der Waals surface area contributed by atoms with Crippen molar-refractivity contribution in [1.29, 1.82) is 0 Å². The lowest BCUT2D eigenvalue weighted by molar-refractivity contribution is -0.137. The molecule has 0 rings (SSSR count). The van der Waals surface area contributed by atoms with Crippen molar-refractivity contribution in [2.24, 2.45) is 11.8 Å². The zero-order valence-electron chi connectivity index (χ0n) is 11.1. The summed E-state index contributed by atoms with van der Waals surface area (Å²) in [4.78, 5) is 22.5. The molecule has 18 heavy (non-hydrogen) atoms. The van der Waals surface area contributed by atoms with E-state index in [0.717, 1.165) is 0 Å². The van der Waals surface area contributed by atoms with Crippen LogP contribution >= 0.6 is 0 Å². The van der Waals surface area contributed by atoms with Crippen molar-refractivity contribution in [1.82, 2.24) is 0 Å². The summed E-state index contributed by atoms with van der Waals surface area (Å²) in [6.07, 6.45) is 0. The number of methoxy groups -OCH3 is 2. The van der Waals surface area contributed by atoms with Gasteiger partial charge in [-0.2, -0.15) is 0 Å². The zero-order valence-corrected chi connectivity index (χ0v) is 11.1. The zero-order chi connectivity index (χ0) is 14.3. The Morgan fingerprint density at radius 3 is 1.33 bits per heavy atom. The van der Waals surface area contributed by atoms with Crippen LogP contribution in [0.1, 0.15) is 13.8 Å². The number of carbonyl (C=O) groups is 2. The molecule has 0 aliphatic carbocycles. The number of hydrogen-bond donors (Lipinski definition) is 2. The van der Waals surface area contributed by atoms with E-state index in [1.165, 1.54) is 14.2 Å². The van der Waals surface area contributed by atoms with Crippen molar-refractivity contribution < 1.29 is 29.3 Å². The van der Waals surface area contributed by atoms with Gasteiger partial charge in [-0.15, -0.1) is 0 Å². The Kier molecular flexibility index (Phi) is 7.23. The Morgan fingerprint density at radius 1 is 0.889 bits per heavy atom. The molecule has 0 fully saturated rings. The Hall–Kier alpha value is -1.40. The lowest BCUT2D eigenvalue weighted by Crippen LogP contribution is -2.25. The normalized spacial score (nSPS) is 15.8. The van der Waals surface area contributed by atoms with Crippen LogP contribution in [0.2, 0.25) is 0 Å². The predicted molar refractivity (Wildman–Crippen MR) is 64.4 cm³/mol. The summed E-state index contributed by atoms with van der Waals surface area (Å²) in [5.74, 6) is -3.48. The maximum absolute atomic E-state index is 11.3. The molecule has 104 valence electrons. The van der Waals surface area contributed by atoms with Crippen molar-refractivity contribution in [3.63, 3.8) is 0 Å². The molecule has 0 saturated heterocycles. The molecule has 2 atom stereocenters. The molecule has 0 aromatic rings. The predicted octanol–water partition coefficient (Wildman–Crippen LogP) is 1.02. The first-order valence-corrected chi connectivity index (χ1v) is 5.55. The molecule has 0 bridgehead atoms. The molecule has 2 N–H and O–H groups in total. The van der Waals surface area contributed by atoms with E-state index in [-0.39, 0.29) is 24.4 Å². The molecule has 2 unspecified atom stereocenters. The van der Waals surface area contributed by atoms with Crippen LogP contribution in [0.25, 0.3) is 0 Å². The van der Waals surface area contributed by atoms with Gasteiger partial charge in [0.1, 0.15) is 0 Å². The Balaban J connectivity index is 5.57. The molecule has 0 aromatic carbocycles. The van der Waals surface area contributed by atoms with Gasteiger partial charge in [0, 0.05) is 26.1 Å². The lowest BCUT2D eigenvalue weighted by atomic mass is 9.89. The Morgan fingerprint density at radius 2 is 1.17 bits per heavy atom. The summed E-state index contributed by atoms with van der Waals surface area (Å²) in [6, 6.07) is 0. The average molecular weight is 260 g/mol. The first-order valence-electron chi connectivity index (χ1n) is 5.55. The van der Waals surface area contributed by atoms with Gasteiger partial charge in [0.05, 0.1) is 24.4 Å². The standard InChI is InChI=1S/C12H20O6/c1-7(5-17-3)9(11(13)14)10(12(15)16)8(2)6-18-4/h7-8H,5-6H2,1-4H3,(H,13,14)(H,15,16). The summed E-state index contributed by atoms with van der Waals surface area (Å²) >= 11 is 0. The minimum Gasteiger partial charge on any atom is -0.478 e. The first kappa shape index (κ1) is 16.6. The molecule has 0 aromatic heterocycles. The van der Waals surface area contributed by atoms with Crippen LogP contribution < -0.4 is 0 Å². The van der Waals surface area contributed by atoms with E-state index in [4.69, 9.17) is 9.47 Å². The van der Waals surface area contributed by atoms with Gasteiger partial charge < -0.3 is 19.7 Å². The van der Waals surface area contributed by atoms with Crippen LogP contribution in [0.15, 0.2) is 11.1 Å². The Bertz CT molecular complexity index is 301. The van der Waals surface area contributed by atoms with Crippen LogP contribution in [0.4, 0.5) is 0 Å². The van der Waals surface area contributed by atoms with E-state index in [2.05, 4.69) is 0 Å². The minimum absolute atomic E-state index is 0.131. The van der Waals surface area contributed by atoms with Crippen molar-refractivity contribution >= 4 is 11.9 Å². The second-order valence-corrected chi connectivity index (χ2v) is 4.15. The number of hydrogen-bond acceptors (Lipinski definition) is 4. The maximum Gasteiger partial charge on any atom is 0.332 e. The molecular weight excluding hydrogens is 240 g/mol. The quantitative estimate of drug-likeness (QED) is 0.633. The number of aliphatic carboxylic acids is 2. The van der Waals surface area contributed by atoms with E-state index in [9.17, 15) is 19.8 Å². The fourth-order valence-corrected chi connectivity index (χ4v) is 1.85. The van der Waals surface area contributed by atoms with Gasteiger partial charge in [0.2, 0.25) is 0 Å². The third kappa shape index (κ3) is 4.46. The maximum atomic E-state index is 11.3. The highest BCUT2D eigenvalue weighted by molar-refractivity contribution is 5.99. The van der Waals surface area contributed by atoms with Gasteiger partial charge in [-0.3, -0.25) is 0 Å². The van der Waals surface area contributed by atoms with Crippen LogP contribution in [-0.4, -0.2) is 49.6 Å².